The molecule has 1 atom stereocenters. The van der Waals surface area contributed by atoms with Crippen LogP contribution in [0.25, 0.3) is 0 Å². The van der Waals surface area contributed by atoms with Crippen LogP contribution in [0.4, 0.5) is 0 Å². The van der Waals surface area contributed by atoms with Gasteiger partial charge in [0.25, 0.3) is 0 Å². The highest BCUT2D eigenvalue weighted by Crippen LogP contribution is 2.33. The molecule has 1 saturated carbocycles. The average molecular weight is 262 g/mol. The summed E-state index contributed by atoms with van der Waals surface area (Å²) in [5.41, 5.74) is -0.887. The Morgan fingerprint density at radius 1 is 1.47 bits per heavy atom. The van der Waals surface area contributed by atoms with Gasteiger partial charge in [-0.25, -0.2) is 12.7 Å². The minimum atomic E-state index is -3.20. The Morgan fingerprint density at radius 3 is 2.71 bits per heavy atom. The fraction of sp³-hybridized carbons (Fsp3) is 1.00. The van der Waals surface area contributed by atoms with Gasteiger partial charge in [-0.1, -0.05) is 12.8 Å². The number of hydrogen-bond donors (Lipinski definition) is 2. The molecule has 2 rings (SSSR count). The maximum Gasteiger partial charge on any atom is 0.213 e. The number of rotatable bonds is 6. The van der Waals surface area contributed by atoms with Crippen molar-refractivity contribution in [2.24, 2.45) is 5.92 Å². The van der Waals surface area contributed by atoms with Crippen molar-refractivity contribution in [1.82, 2.24) is 9.62 Å². The Balaban J connectivity index is 1.86. The zero-order valence-corrected chi connectivity index (χ0v) is 11.2. The van der Waals surface area contributed by atoms with Crippen molar-refractivity contribution in [3.05, 3.63) is 0 Å². The van der Waals surface area contributed by atoms with Crippen LogP contribution in [0.3, 0.4) is 0 Å². The van der Waals surface area contributed by atoms with Gasteiger partial charge in [0.1, 0.15) is 0 Å². The highest BCUT2D eigenvalue weighted by molar-refractivity contribution is 7.89. The number of nitrogens with zero attached hydrogens (tertiary/aromatic N) is 1. The van der Waals surface area contributed by atoms with Gasteiger partial charge < -0.3 is 10.4 Å². The molecule has 0 aromatic rings. The second-order valence-corrected chi connectivity index (χ2v) is 7.65. The number of sulfonamides is 1. The highest BCUT2D eigenvalue weighted by Gasteiger charge is 2.35. The third-order valence-electron chi connectivity index (χ3n) is 3.69. The second kappa shape index (κ2) is 4.84. The first-order chi connectivity index (χ1) is 7.91. The van der Waals surface area contributed by atoms with Crippen LogP contribution in [0.5, 0.6) is 0 Å². The Labute approximate surface area is 103 Å². The van der Waals surface area contributed by atoms with E-state index in [1.165, 1.54) is 17.1 Å². The highest BCUT2D eigenvalue weighted by atomic mass is 32.2. The molecule has 1 aliphatic heterocycles. The van der Waals surface area contributed by atoms with E-state index in [1.807, 2.05) is 0 Å². The Kier molecular flexibility index (Phi) is 3.77. The second-order valence-electron chi connectivity index (χ2n) is 5.46. The van der Waals surface area contributed by atoms with E-state index in [0.717, 1.165) is 13.0 Å². The topological polar surface area (TPSA) is 69.6 Å². The summed E-state index contributed by atoms with van der Waals surface area (Å²) in [7, 11) is -1.63. The quantitative estimate of drug-likeness (QED) is 0.694. The third kappa shape index (κ3) is 3.64. The van der Waals surface area contributed by atoms with E-state index in [0.29, 0.717) is 18.9 Å². The lowest BCUT2D eigenvalue weighted by molar-refractivity contribution is 0.0462. The molecular weight excluding hydrogens is 240 g/mol. The van der Waals surface area contributed by atoms with Gasteiger partial charge in [0, 0.05) is 20.1 Å². The van der Waals surface area contributed by atoms with Gasteiger partial charge in [0.2, 0.25) is 10.0 Å². The molecule has 6 heteroatoms. The zero-order chi connectivity index (χ0) is 12.5. The SMILES string of the molecule is CN(CC1(O)CCNC1)S(=O)(=O)CCC1CC1. The van der Waals surface area contributed by atoms with Crippen molar-refractivity contribution in [3.63, 3.8) is 0 Å². The lowest BCUT2D eigenvalue weighted by atomic mass is 10.0. The largest absolute Gasteiger partial charge is 0.387 e. The number of β-amino-alcohol motifs (C(OH)–C–C–N with tert-alkyl or cyclic N) is 1. The molecule has 2 fully saturated rings. The summed E-state index contributed by atoms with van der Waals surface area (Å²) in [6.07, 6.45) is 3.74. The predicted molar refractivity (Wildman–Crippen MR) is 66.2 cm³/mol. The van der Waals surface area contributed by atoms with Crippen LogP contribution in [-0.2, 0) is 10.0 Å². The first-order valence-corrected chi connectivity index (χ1v) is 7.89. The van der Waals surface area contributed by atoms with E-state index in [1.54, 1.807) is 7.05 Å². The average Bonchev–Trinajstić information content (AvgIpc) is 2.99. The van der Waals surface area contributed by atoms with E-state index in [4.69, 9.17) is 0 Å². The molecular formula is C11H22N2O3S. The van der Waals surface area contributed by atoms with Crippen LogP contribution >= 0.6 is 0 Å². The standard InChI is InChI=1S/C11H22N2O3S/c1-13(9-11(14)5-6-12-8-11)17(15,16)7-4-10-2-3-10/h10,12,14H,2-9H2,1H3. The van der Waals surface area contributed by atoms with Crippen LogP contribution in [0.2, 0.25) is 0 Å². The monoisotopic (exact) mass is 262 g/mol. The summed E-state index contributed by atoms with van der Waals surface area (Å²) >= 11 is 0. The maximum atomic E-state index is 12.0. The van der Waals surface area contributed by atoms with Crippen LogP contribution < -0.4 is 5.32 Å². The van der Waals surface area contributed by atoms with Crippen LogP contribution in [0.15, 0.2) is 0 Å². The van der Waals surface area contributed by atoms with Gasteiger partial charge in [-0.2, -0.15) is 0 Å². The lowest BCUT2D eigenvalue weighted by Crippen LogP contribution is -2.45. The molecule has 0 radical (unpaired) electrons. The van der Waals surface area contributed by atoms with Gasteiger partial charge in [0.05, 0.1) is 11.4 Å². The molecule has 1 aliphatic carbocycles. The smallest absolute Gasteiger partial charge is 0.213 e. The molecule has 1 heterocycles. The molecule has 0 bridgehead atoms. The zero-order valence-electron chi connectivity index (χ0n) is 10.4. The minimum absolute atomic E-state index is 0.201. The summed E-state index contributed by atoms with van der Waals surface area (Å²) in [6, 6.07) is 0. The fourth-order valence-corrected chi connectivity index (χ4v) is 3.64. The Bertz CT molecular complexity index is 359. The van der Waals surface area contributed by atoms with Crippen LogP contribution in [-0.4, -0.2) is 55.9 Å². The van der Waals surface area contributed by atoms with E-state index in [-0.39, 0.29) is 12.3 Å². The summed E-state index contributed by atoms with van der Waals surface area (Å²) in [5, 5.41) is 13.2. The van der Waals surface area contributed by atoms with E-state index in [9.17, 15) is 13.5 Å². The van der Waals surface area contributed by atoms with Crippen molar-refractivity contribution in [2.75, 3.05) is 32.4 Å². The van der Waals surface area contributed by atoms with E-state index in [2.05, 4.69) is 5.32 Å². The van der Waals surface area contributed by atoms with Gasteiger partial charge >= 0.3 is 0 Å². The number of hydrogen-bond acceptors (Lipinski definition) is 4. The normalized spacial score (nSPS) is 30.1. The van der Waals surface area contributed by atoms with Crippen molar-refractivity contribution in [1.29, 1.82) is 0 Å². The first kappa shape index (κ1) is 13.3. The molecule has 17 heavy (non-hydrogen) atoms. The summed E-state index contributed by atoms with van der Waals surface area (Å²) in [5.74, 6) is 0.840. The summed E-state index contributed by atoms with van der Waals surface area (Å²) in [4.78, 5) is 0. The molecule has 0 spiro atoms. The lowest BCUT2D eigenvalue weighted by Gasteiger charge is -2.27. The predicted octanol–water partition coefficient (Wildman–Crippen LogP) is -0.227. The van der Waals surface area contributed by atoms with Crippen molar-refractivity contribution < 1.29 is 13.5 Å². The number of nitrogens with one attached hydrogen (secondary N) is 1. The molecule has 0 amide bonds. The minimum Gasteiger partial charge on any atom is -0.387 e. The Hall–Kier alpha value is -0.170. The van der Waals surface area contributed by atoms with Gasteiger partial charge in [0.15, 0.2) is 0 Å². The van der Waals surface area contributed by atoms with Crippen molar-refractivity contribution in [2.45, 2.75) is 31.3 Å². The third-order valence-corrected chi connectivity index (χ3v) is 5.52. The molecule has 0 aromatic carbocycles. The molecule has 0 aromatic heterocycles. The van der Waals surface area contributed by atoms with Gasteiger partial charge in [-0.3, -0.25) is 0 Å². The van der Waals surface area contributed by atoms with E-state index < -0.39 is 15.6 Å². The fourth-order valence-electron chi connectivity index (χ4n) is 2.26. The summed E-state index contributed by atoms with van der Waals surface area (Å²) in [6.45, 7) is 1.44. The van der Waals surface area contributed by atoms with Crippen LogP contribution in [0.1, 0.15) is 25.7 Å². The number of likely N-dealkylation sites (N-methyl/N-ethyl adjacent to an activating group) is 1. The van der Waals surface area contributed by atoms with Crippen LogP contribution in [0, 0.1) is 5.92 Å². The van der Waals surface area contributed by atoms with Crippen molar-refractivity contribution in [3.8, 4) is 0 Å². The molecule has 2 N–H and O–H groups in total. The molecule has 2 aliphatic rings. The van der Waals surface area contributed by atoms with Gasteiger partial charge in [-0.05, 0) is 25.3 Å². The Morgan fingerprint density at radius 2 is 2.18 bits per heavy atom. The number of aliphatic hydroxyl groups is 1. The molecule has 5 nitrogen and oxygen atoms in total. The first-order valence-electron chi connectivity index (χ1n) is 6.28. The van der Waals surface area contributed by atoms with E-state index >= 15 is 0 Å². The van der Waals surface area contributed by atoms with Gasteiger partial charge in [-0.15, -0.1) is 0 Å². The molecule has 1 unspecified atom stereocenters. The molecule has 1 saturated heterocycles. The molecule has 100 valence electrons. The van der Waals surface area contributed by atoms with Crippen molar-refractivity contribution >= 4 is 10.0 Å². The summed E-state index contributed by atoms with van der Waals surface area (Å²) < 4.78 is 25.3. The maximum absolute atomic E-state index is 12.0.